The average Bonchev–Trinajstić information content (AvgIpc) is 3.84. The average molecular weight is 592 g/mol. The molecule has 0 atom stereocenters. The molecule has 12 heteroatoms. The van der Waals surface area contributed by atoms with E-state index in [0.29, 0.717) is 45.1 Å². The molecule has 7 heterocycles. The lowest BCUT2D eigenvalue weighted by molar-refractivity contribution is 0.949. The summed E-state index contributed by atoms with van der Waals surface area (Å²) in [7, 11) is 0. The zero-order valence-corrected chi connectivity index (χ0v) is 23.9. The first-order valence-electron chi connectivity index (χ1n) is 14.6. The first-order chi connectivity index (χ1) is 22.3. The SMILES string of the molecule is O=c1[nH]c2c(N3CCCC3)c(-c3ncccn3)c(-c3cnccn3)c(-c3cc[nH]n3)c2c(-c2cccnn2)c1-c1ccncc1. The highest BCUT2D eigenvalue weighted by Crippen LogP contribution is 2.52. The molecule has 1 aromatic carbocycles. The van der Waals surface area contributed by atoms with E-state index in [-0.39, 0.29) is 5.56 Å². The van der Waals surface area contributed by atoms with Crippen LogP contribution < -0.4 is 10.5 Å². The molecule has 2 N–H and O–H groups in total. The summed E-state index contributed by atoms with van der Waals surface area (Å²) < 4.78 is 0. The zero-order valence-electron chi connectivity index (χ0n) is 23.9. The number of pyridine rings is 2. The molecule has 45 heavy (non-hydrogen) atoms. The number of hydrogen-bond acceptors (Lipinski definition) is 10. The molecule has 0 radical (unpaired) electrons. The van der Waals surface area contributed by atoms with Crippen LogP contribution in [0.5, 0.6) is 0 Å². The minimum atomic E-state index is -0.269. The lowest BCUT2D eigenvalue weighted by Gasteiger charge is -2.28. The van der Waals surface area contributed by atoms with Crippen molar-refractivity contribution in [2.75, 3.05) is 18.0 Å². The Bertz CT molecular complexity index is 2170. The van der Waals surface area contributed by atoms with E-state index in [1.807, 2.05) is 30.3 Å². The number of nitrogens with one attached hydrogen (secondary N) is 2. The van der Waals surface area contributed by atoms with Gasteiger partial charge in [-0.25, -0.2) is 9.97 Å². The van der Waals surface area contributed by atoms with E-state index < -0.39 is 0 Å². The number of aromatic amines is 2. The Kier molecular flexibility index (Phi) is 6.56. The molecular weight excluding hydrogens is 566 g/mol. The van der Waals surface area contributed by atoms with E-state index >= 15 is 0 Å². The fourth-order valence-corrected chi connectivity index (χ4v) is 6.25. The van der Waals surface area contributed by atoms with Crippen LogP contribution in [0.1, 0.15) is 12.8 Å². The van der Waals surface area contributed by atoms with Crippen LogP contribution in [0.3, 0.4) is 0 Å². The molecule has 1 aliphatic heterocycles. The molecule has 6 aromatic heterocycles. The van der Waals surface area contributed by atoms with Gasteiger partial charge in [-0.1, -0.05) is 0 Å². The van der Waals surface area contributed by atoms with Crippen LogP contribution in [0.4, 0.5) is 5.69 Å². The van der Waals surface area contributed by atoms with E-state index in [1.54, 1.807) is 61.8 Å². The van der Waals surface area contributed by atoms with E-state index in [9.17, 15) is 4.79 Å². The fourth-order valence-electron chi connectivity index (χ4n) is 6.25. The Morgan fingerprint density at radius 1 is 0.689 bits per heavy atom. The largest absolute Gasteiger partial charge is 0.369 e. The summed E-state index contributed by atoms with van der Waals surface area (Å²) in [5, 5.41) is 17.2. The lowest BCUT2D eigenvalue weighted by Crippen LogP contribution is -2.22. The van der Waals surface area contributed by atoms with Crippen LogP contribution in [0.15, 0.2) is 97.0 Å². The number of hydrogen-bond donors (Lipinski definition) is 2. The van der Waals surface area contributed by atoms with E-state index in [4.69, 9.17) is 15.0 Å². The monoisotopic (exact) mass is 591 g/mol. The van der Waals surface area contributed by atoms with Crippen molar-refractivity contribution >= 4 is 16.6 Å². The second-order valence-corrected chi connectivity index (χ2v) is 10.6. The van der Waals surface area contributed by atoms with Gasteiger partial charge in [0, 0.05) is 84.7 Å². The predicted molar refractivity (Wildman–Crippen MR) is 170 cm³/mol. The van der Waals surface area contributed by atoms with Crippen molar-refractivity contribution in [2.24, 2.45) is 0 Å². The first kappa shape index (κ1) is 26.5. The number of H-pyrrole nitrogens is 2. The van der Waals surface area contributed by atoms with Crippen LogP contribution >= 0.6 is 0 Å². The Morgan fingerprint density at radius 2 is 1.51 bits per heavy atom. The third-order valence-corrected chi connectivity index (χ3v) is 8.02. The van der Waals surface area contributed by atoms with Crippen molar-refractivity contribution in [1.29, 1.82) is 0 Å². The van der Waals surface area contributed by atoms with Gasteiger partial charge in [-0.05, 0) is 54.8 Å². The maximum atomic E-state index is 14.4. The first-order valence-corrected chi connectivity index (χ1v) is 14.6. The molecule has 7 aromatic rings. The molecule has 0 unspecified atom stereocenters. The number of nitrogens with zero attached hydrogens (tertiary/aromatic N) is 9. The molecule has 0 spiro atoms. The minimum Gasteiger partial charge on any atom is -0.369 e. The maximum Gasteiger partial charge on any atom is 0.257 e. The Morgan fingerprint density at radius 3 is 2.22 bits per heavy atom. The van der Waals surface area contributed by atoms with Crippen LogP contribution in [0.2, 0.25) is 0 Å². The summed E-state index contributed by atoms with van der Waals surface area (Å²) in [6.07, 6.45) is 17.2. The van der Waals surface area contributed by atoms with Crippen molar-refractivity contribution in [2.45, 2.75) is 12.8 Å². The fraction of sp³-hybridized carbons (Fsp3) is 0.121. The number of benzene rings is 1. The van der Waals surface area contributed by atoms with Gasteiger partial charge in [0.2, 0.25) is 0 Å². The standard InChI is InChI=1S/C33H25N11O/c45-33-24(20-6-12-34-13-7-20)25(21-5-3-11-39-42-21)28-26(22-8-14-40-43-22)27(23-19-35-15-16-36-23)29(32-37-9-4-10-38-32)31(30(28)41-33)44-17-1-2-18-44/h3-16,19H,1-2,17-18H2,(H,40,43)(H,41,45). The van der Waals surface area contributed by atoms with Crippen molar-refractivity contribution in [3.63, 3.8) is 0 Å². The highest BCUT2D eigenvalue weighted by molar-refractivity contribution is 6.20. The molecule has 1 saturated heterocycles. The van der Waals surface area contributed by atoms with E-state index in [1.165, 1.54) is 0 Å². The third-order valence-electron chi connectivity index (χ3n) is 8.02. The van der Waals surface area contributed by atoms with Gasteiger partial charge in [-0.2, -0.15) is 15.3 Å². The number of fused-ring (bicyclic) bond motifs is 1. The van der Waals surface area contributed by atoms with Crippen LogP contribution in [0.25, 0.3) is 67.2 Å². The topological polar surface area (TPSA) is 155 Å². The Balaban J connectivity index is 1.69. The second-order valence-electron chi connectivity index (χ2n) is 10.6. The second kappa shape index (κ2) is 11.2. The van der Waals surface area contributed by atoms with Crippen molar-refractivity contribution < 1.29 is 0 Å². The summed E-state index contributed by atoms with van der Waals surface area (Å²) in [6, 6.07) is 11.0. The maximum absolute atomic E-state index is 14.4. The molecule has 0 aliphatic carbocycles. The summed E-state index contributed by atoms with van der Waals surface area (Å²) in [5.41, 5.74) is 6.95. The number of rotatable bonds is 6. The van der Waals surface area contributed by atoms with E-state index in [2.05, 4.69) is 40.2 Å². The quantitative estimate of drug-likeness (QED) is 0.271. The summed E-state index contributed by atoms with van der Waals surface area (Å²) in [6.45, 7) is 1.59. The highest BCUT2D eigenvalue weighted by Gasteiger charge is 2.33. The third kappa shape index (κ3) is 4.50. The Hall–Kier alpha value is -6.17. The molecule has 1 fully saturated rings. The van der Waals surface area contributed by atoms with Crippen LogP contribution in [-0.2, 0) is 0 Å². The summed E-state index contributed by atoms with van der Waals surface area (Å²) in [5.74, 6) is 0.499. The highest BCUT2D eigenvalue weighted by atomic mass is 16.1. The van der Waals surface area contributed by atoms with Gasteiger partial charge in [0.05, 0.1) is 45.6 Å². The van der Waals surface area contributed by atoms with E-state index in [0.717, 1.165) is 53.7 Å². The zero-order chi connectivity index (χ0) is 30.2. The van der Waals surface area contributed by atoms with Gasteiger partial charge in [0.1, 0.15) is 0 Å². The van der Waals surface area contributed by atoms with Crippen LogP contribution in [0, 0.1) is 0 Å². The molecular formula is C33H25N11O. The van der Waals surface area contributed by atoms with Crippen molar-refractivity contribution in [3.05, 3.63) is 103 Å². The number of anilines is 1. The summed E-state index contributed by atoms with van der Waals surface area (Å²) in [4.78, 5) is 42.9. The van der Waals surface area contributed by atoms with Gasteiger partial charge in [-0.15, -0.1) is 0 Å². The van der Waals surface area contributed by atoms with Gasteiger partial charge in [0.25, 0.3) is 5.56 Å². The van der Waals surface area contributed by atoms with Gasteiger partial charge in [0.15, 0.2) is 5.82 Å². The normalized spacial score (nSPS) is 13.0. The van der Waals surface area contributed by atoms with Crippen molar-refractivity contribution in [1.82, 2.24) is 50.3 Å². The number of aromatic nitrogens is 10. The van der Waals surface area contributed by atoms with Gasteiger partial charge in [-0.3, -0.25) is 24.8 Å². The minimum absolute atomic E-state index is 0.269. The predicted octanol–water partition coefficient (Wildman–Crippen LogP) is 4.95. The molecule has 0 bridgehead atoms. The van der Waals surface area contributed by atoms with Gasteiger partial charge < -0.3 is 9.88 Å². The Labute approximate surface area is 256 Å². The molecule has 12 nitrogen and oxygen atoms in total. The molecule has 0 amide bonds. The molecule has 1 aliphatic rings. The lowest BCUT2D eigenvalue weighted by atomic mass is 9.85. The summed E-state index contributed by atoms with van der Waals surface area (Å²) >= 11 is 0. The van der Waals surface area contributed by atoms with Gasteiger partial charge >= 0.3 is 0 Å². The van der Waals surface area contributed by atoms with Crippen molar-refractivity contribution in [3.8, 4) is 56.3 Å². The smallest absolute Gasteiger partial charge is 0.257 e. The van der Waals surface area contributed by atoms with Crippen LogP contribution in [-0.4, -0.2) is 63.4 Å². The molecule has 218 valence electrons. The molecule has 0 saturated carbocycles. The molecule has 8 rings (SSSR count).